The van der Waals surface area contributed by atoms with Crippen LogP contribution in [0.5, 0.6) is 5.75 Å². The number of aryl methyl sites for hydroxylation is 2. The Morgan fingerprint density at radius 1 is 1.39 bits per heavy atom. The topological polar surface area (TPSA) is 53.1 Å². The molecule has 2 N–H and O–H groups in total. The highest BCUT2D eigenvalue weighted by Crippen LogP contribution is 2.30. The molecule has 18 heavy (non-hydrogen) atoms. The van der Waals surface area contributed by atoms with Gasteiger partial charge in [-0.15, -0.1) is 0 Å². The number of aromatic nitrogens is 2. The molecule has 0 fully saturated rings. The number of nitrogens with two attached hydrogens (primary N) is 1. The van der Waals surface area contributed by atoms with Gasteiger partial charge in [0, 0.05) is 17.2 Å². The molecule has 0 saturated heterocycles. The van der Waals surface area contributed by atoms with Crippen molar-refractivity contribution in [3.8, 4) is 11.4 Å². The first-order chi connectivity index (χ1) is 8.56. The number of benzene rings is 1. The van der Waals surface area contributed by atoms with Crippen molar-refractivity contribution in [2.75, 3.05) is 12.8 Å². The van der Waals surface area contributed by atoms with Crippen molar-refractivity contribution in [3.05, 3.63) is 34.5 Å². The zero-order valence-corrected chi connectivity index (χ0v) is 11.5. The summed E-state index contributed by atoms with van der Waals surface area (Å²) < 4.78 is 7.01. The summed E-state index contributed by atoms with van der Waals surface area (Å²) in [4.78, 5) is 0. The van der Waals surface area contributed by atoms with Gasteiger partial charge in [0.15, 0.2) is 0 Å². The van der Waals surface area contributed by atoms with E-state index in [1.165, 1.54) is 0 Å². The van der Waals surface area contributed by atoms with Crippen LogP contribution in [0, 0.1) is 6.92 Å². The van der Waals surface area contributed by atoms with Crippen molar-refractivity contribution in [1.29, 1.82) is 0 Å². The lowest BCUT2D eigenvalue weighted by molar-refractivity contribution is 0.411. The number of anilines is 1. The second kappa shape index (κ2) is 4.90. The molecule has 96 valence electrons. The van der Waals surface area contributed by atoms with Gasteiger partial charge < -0.3 is 10.5 Å². The standard InChI is InChI=1S/C13H16ClN3O/c1-4-9-6-13(15)17(16-9)11-5-8(2)10(14)7-12(11)18-3/h5-7H,4,15H2,1-3H3. The number of methoxy groups -OCH3 is 1. The Balaban J connectivity index is 2.61. The van der Waals surface area contributed by atoms with Crippen LogP contribution in [0.25, 0.3) is 5.69 Å². The Bertz CT molecular complexity index is 578. The zero-order chi connectivity index (χ0) is 13.3. The monoisotopic (exact) mass is 265 g/mol. The molecular weight excluding hydrogens is 250 g/mol. The molecule has 0 aliphatic heterocycles. The van der Waals surface area contributed by atoms with Crippen molar-refractivity contribution in [2.45, 2.75) is 20.3 Å². The Hall–Kier alpha value is -1.68. The molecule has 1 aromatic heterocycles. The van der Waals surface area contributed by atoms with Gasteiger partial charge in [0.2, 0.25) is 0 Å². The minimum atomic E-state index is 0.590. The van der Waals surface area contributed by atoms with Crippen LogP contribution in [-0.4, -0.2) is 16.9 Å². The highest BCUT2D eigenvalue weighted by Gasteiger charge is 2.13. The molecule has 0 aliphatic rings. The van der Waals surface area contributed by atoms with E-state index in [1.807, 2.05) is 26.0 Å². The van der Waals surface area contributed by atoms with Gasteiger partial charge in [-0.25, -0.2) is 4.68 Å². The third-order valence-corrected chi connectivity index (χ3v) is 3.25. The van der Waals surface area contributed by atoms with Crippen LogP contribution in [-0.2, 0) is 6.42 Å². The van der Waals surface area contributed by atoms with Crippen molar-refractivity contribution in [2.24, 2.45) is 0 Å². The lowest BCUT2D eigenvalue weighted by atomic mass is 10.2. The Kier molecular flexibility index (Phi) is 3.48. The minimum absolute atomic E-state index is 0.590. The molecule has 0 saturated carbocycles. The maximum atomic E-state index is 6.08. The predicted octanol–water partition coefficient (Wildman–Crippen LogP) is 2.99. The summed E-state index contributed by atoms with van der Waals surface area (Å²) in [5, 5.41) is 5.11. The van der Waals surface area contributed by atoms with Crippen LogP contribution in [0.1, 0.15) is 18.2 Å². The largest absolute Gasteiger partial charge is 0.494 e. The summed E-state index contributed by atoms with van der Waals surface area (Å²) >= 11 is 6.08. The van der Waals surface area contributed by atoms with E-state index >= 15 is 0 Å². The molecule has 0 bridgehead atoms. The van der Waals surface area contributed by atoms with E-state index in [9.17, 15) is 0 Å². The molecule has 2 rings (SSSR count). The Morgan fingerprint density at radius 3 is 2.67 bits per heavy atom. The van der Waals surface area contributed by atoms with Crippen molar-refractivity contribution in [3.63, 3.8) is 0 Å². The normalized spacial score (nSPS) is 10.7. The van der Waals surface area contributed by atoms with Crippen molar-refractivity contribution >= 4 is 17.4 Å². The molecular formula is C13H16ClN3O. The predicted molar refractivity (Wildman–Crippen MR) is 73.7 cm³/mol. The van der Waals surface area contributed by atoms with E-state index in [1.54, 1.807) is 17.9 Å². The number of halogens is 1. The second-order valence-electron chi connectivity index (χ2n) is 4.10. The first kappa shape index (κ1) is 12.8. The fourth-order valence-electron chi connectivity index (χ4n) is 1.79. The number of hydrogen-bond donors (Lipinski definition) is 1. The number of nitrogen functional groups attached to an aromatic ring is 1. The number of hydrogen-bond acceptors (Lipinski definition) is 3. The first-order valence-electron chi connectivity index (χ1n) is 5.75. The zero-order valence-electron chi connectivity index (χ0n) is 10.7. The first-order valence-corrected chi connectivity index (χ1v) is 6.13. The van der Waals surface area contributed by atoms with Crippen LogP contribution in [0.3, 0.4) is 0 Å². The molecule has 0 atom stereocenters. The van der Waals surface area contributed by atoms with Crippen LogP contribution in [0.4, 0.5) is 5.82 Å². The number of nitrogens with zero attached hydrogens (tertiary/aromatic N) is 2. The third kappa shape index (κ3) is 2.16. The highest BCUT2D eigenvalue weighted by molar-refractivity contribution is 6.31. The summed E-state index contributed by atoms with van der Waals surface area (Å²) in [5.41, 5.74) is 8.68. The smallest absolute Gasteiger partial charge is 0.146 e. The van der Waals surface area contributed by atoms with Crippen molar-refractivity contribution < 1.29 is 4.74 Å². The minimum Gasteiger partial charge on any atom is -0.494 e. The fraction of sp³-hybridized carbons (Fsp3) is 0.308. The van der Waals surface area contributed by atoms with Gasteiger partial charge >= 0.3 is 0 Å². The van der Waals surface area contributed by atoms with Gasteiger partial charge in [-0.1, -0.05) is 18.5 Å². The number of rotatable bonds is 3. The highest BCUT2D eigenvalue weighted by atomic mass is 35.5. The summed E-state index contributed by atoms with van der Waals surface area (Å²) in [6.45, 7) is 3.97. The third-order valence-electron chi connectivity index (χ3n) is 2.84. The Labute approximate surface area is 111 Å². The molecule has 1 heterocycles. The molecule has 0 spiro atoms. The molecule has 2 aromatic rings. The number of ether oxygens (including phenoxy) is 1. The van der Waals surface area contributed by atoms with E-state index < -0.39 is 0 Å². The van der Waals surface area contributed by atoms with E-state index in [-0.39, 0.29) is 0 Å². The molecule has 0 aliphatic carbocycles. The van der Waals surface area contributed by atoms with Crippen LogP contribution >= 0.6 is 11.6 Å². The summed E-state index contributed by atoms with van der Waals surface area (Å²) in [7, 11) is 1.60. The summed E-state index contributed by atoms with van der Waals surface area (Å²) in [6.07, 6.45) is 0.839. The van der Waals surface area contributed by atoms with Crippen LogP contribution in [0.2, 0.25) is 5.02 Å². The van der Waals surface area contributed by atoms with Gasteiger partial charge in [-0.05, 0) is 25.0 Å². The van der Waals surface area contributed by atoms with Gasteiger partial charge in [0.1, 0.15) is 17.3 Å². The fourth-order valence-corrected chi connectivity index (χ4v) is 1.94. The summed E-state index contributed by atoms with van der Waals surface area (Å²) in [5.74, 6) is 1.25. The van der Waals surface area contributed by atoms with E-state index in [0.717, 1.165) is 23.4 Å². The summed E-state index contributed by atoms with van der Waals surface area (Å²) in [6, 6.07) is 5.56. The average molecular weight is 266 g/mol. The van der Waals surface area contributed by atoms with Gasteiger partial charge in [0.05, 0.1) is 12.8 Å². The van der Waals surface area contributed by atoms with E-state index in [2.05, 4.69) is 5.10 Å². The van der Waals surface area contributed by atoms with Gasteiger partial charge in [0.25, 0.3) is 0 Å². The molecule has 4 nitrogen and oxygen atoms in total. The Morgan fingerprint density at radius 2 is 2.11 bits per heavy atom. The van der Waals surface area contributed by atoms with Crippen molar-refractivity contribution in [1.82, 2.24) is 9.78 Å². The molecule has 1 aromatic carbocycles. The maximum absolute atomic E-state index is 6.08. The molecule has 5 heteroatoms. The quantitative estimate of drug-likeness (QED) is 0.928. The van der Waals surface area contributed by atoms with Crippen LogP contribution < -0.4 is 10.5 Å². The second-order valence-corrected chi connectivity index (χ2v) is 4.51. The lowest BCUT2D eigenvalue weighted by Gasteiger charge is -2.12. The molecule has 0 amide bonds. The maximum Gasteiger partial charge on any atom is 0.146 e. The van der Waals surface area contributed by atoms with Gasteiger partial charge in [-0.2, -0.15) is 5.10 Å². The molecule has 0 unspecified atom stereocenters. The average Bonchev–Trinajstić information content (AvgIpc) is 2.73. The van der Waals surface area contributed by atoms with Crippen LogP contribution in [0.15, 0.2) is 18.2 Å². The molecule has 0 radical (unpaired) electrons. The lowest BCUT2D eigenvalue weighted by Crippen LogP contribution is -2.04. The van der Waals surface area contributed by atoms with E-state index in [0.29, 0.717) is 16.6 Å². The van der Waals surface area contributed by atoms with E-state index in [4.69, 9.17) is 22.1 Å². The van der Waals surface area contributed by atoms with Gasteiger partial charge in [-0.3, -0.25) is 0 Å². The SMILES string of the molecule is CCc1cc(N)n(-c2cc(C)c(Cl)cc2OC)n1.